The predicted octanol–water partition coefficient (Wildman–Crippen LogP) is 2.07. The van der Waals surface area contributed by atoms with Crippen LogP contribution in [0.4, 0.5) is 5.69 Å². The molecule has 1 aliphatic rings. The summed E-state index contributed by atoms with van der Waals surface area (Å²) < 4.78 is 0. The fraction of sp³-hybridized carbons (Fsp3) is 0.368. The first-order valence-electron chi connectivity index (χ1n) is 8.35. The van der Waals surface area contributed by atoms with Crippen LogP contribution in [0.2, 0.25) is 0 Å². The predicted molar refractivity (Wildman–Crippen MR) is 96.3 cm³/mol. The minimum absolute atomic E-state index is 0.132. The van der Waals surface area contributed by atoms with Crippen LogP contribution in [0.1, 0.15) is 21.6 Å². The fourth-order valence-electron chi connectivity index (χ4n) is 2.90. The second-order valence-electron chi connectivity index (χ2n) is 6.36. The molecule has 126 valence electrons. The van der Waals surface area contributed by atoms with Crippen LogP contribution in [0.3, 0.4) is 0 Å². The maximum atomic E-state index is 12.4. The summed E-state index contributed by atoms with van der Waals surface area (Å²) in [6.07, 6.45) is 1.72. The van der Waals surface area contributed by atoms with Crippen LogP contribution in [0.5, 0.6) is 0 Å². The average molecular weight is 324 g/mol. The quantitative estimate of drug-likeness (QED) is 0.935. The third-order valence-corrected chi connectivity index (χ3v) is 4.38. The summed E-state index contributed by atoms with van der Waals surface area (Å²) in [4.78, 5) is 21.2. The second-order valence-corrected chi connectivity index (χ2v) is 6.36. The van der Waals surface area contributed by atoms with Crippen LogP contribution in [0.15, 0.2) is 42.6 Å². The topological polar surface area (TPSA) is 48.5 Å². The van der Waals surface area contributed by atoms with Gasteiger partial charge in [0.2, 0.25) is 0 Å². The van der Waals surface area contributed by atoms with Crippen LogP contribution in [0, 0.1) is 6.92 Å². The summed E-state index contributed by atoms with van der Waals surface area (Å²) >= 11 is 0. The maximum absolute atomic E-state index is 12.4. The molecule has 5 nitrogen and oxygen atoms in total. The van der Waals surface area contributed by atoms with Crippen molar-refractivity contribution < 1.29 is 4.79 Å². The van der Waals surface area contributed by atoms with Gasteiger partial charge in [0.05, 0.1) is 0 Å². The Labute approximate surface area is 143 Å². The smallest absolute Gasteiger partial charge is 0.270 e. The first-order chi connectivity index (χ1) is 11.6. The van der Waals surface area contributed by atoms with E-state index < -0.39 is 0 Å². The van der Waals surface area contributed by atoms with Gasteiger partial charge in [0, 0.05) is 44.6 Å². The van der Waals surface area contributed by atoms with E-state index in [1.54, 1.807) is 6.20 Å². The second kappa shape index (κ2) is 7.45. The van der Waals surface area contributed by atoms with Gasteiger partial charge in [0.15, 0.2) is 0 Å². The summed E-state index contributed by atoms with van der Waals surface area (Å²) in [6.45, 7) is 6.59. The first kappa shape index (κ1) is 16.5. The molecule has 1 amide bonds. The summed E-state index contributed by atoms with van der Waals surface area (Å²) in [5.41, 5.74) is 3.83. The molecule has 24 heavy (non-hydrogen) atoms. The average Bonchev–Trinajstić information content (AvgIpc) is 2.60. The van der Waals surface area contributed by atoms with Gasteiger partial charge in [0.25, 0.3) is 5.91 Å². The largest absolute Gasteiger partial charge is 0.369 e. The molecule has 1 N–H and O–H groups in total. The number of likely N-dealkylation sites (N-methyl/N-ethyl adjacent to an activating group) is 1. The SMILES string of the molecule is Cc1cccc(CNC(=O)c2cc(N3CCN(C)CC3)ccn2)c1. The van der Waals surface area contributed by atoms with Gasteiger partial charge in [-0.2, -0.15) is 0 Å². The molecular formula is C19H24N4O. The van der Waals surface area contributed by atoms with Crippen LogP contribution >= 0.6 is 0 Å². The van der Waals surface area contributed by atoms with E-state index >= 15 is 0 Å². The number of nitrogens with one attached hydrogen (secondary N) is 1. The molecule has 1 aromatic carbocycles. The zero-order valence-electron chi connectivity index (χ0n) is 14.3. The van der Waals surface area contributed by atoms with Gasteiger partial charge in [-0.15, -0.1) is 0 Å². The summed E-state index contributed by atoms with van der Waals surface area (Å²) in [7, 11) is 2.13. The van der Waals surface area contributed by atoms with Gasteiger partial charge >= 0.3 is 0 Å². The standard InChI is InChI=1S/C19H24N4O/c1-15-4-3-5-16(12-15)14-21-19(24)18-13-17(6-7-20-18)23-10-8-22(2)9-11-23/h3-7,12-13H,8-11,14H2,1-2H3,(H,21,24). The van der Waals surface area contributed by atoms with Gasteiger partial charge in [-0.25, -0.2) is 0 Å². The zero-order valence-corrected chi connectivity index (χ0v) is 14.3. The van der Waals surface area contributed by atoms with Crippen LogP contribution in [0.25, 0.3) is 0 Å². The Morgan fingerprint density at radius 2 is 1.96 bits per heavy atom. The number of aromatic nitrogens is 1. The molecule has 0 saturated carbocycles. The molecule has 5 heteroatoms. The molecule has 0 radical (unpaired) electrons. The Balaban J connectivity index is 1.63. The number of nitrogens with zero attached hydrogens (tertiary/aromatic N) is 3. The number of pyridine rings is 1. The number of rotatable bonds is 4. The monoisotopic (exact) mass is 324 g/mol. The Hall–Kier alpha value is -2.40. The maximum Gasteiger partial charge on any atom is 0.270 e. The molecule has 1 fully saturated rings. The van der Waals surface area contributed by atoms with Crippen molar-refractivity contribution in [3.8, 4) is 0 Å². The van der Waals surface area contributed by atoms with E-state index in [0.29, 0.717) is 12.2 Å². The van der Waals surface area contributed by atoms with Crippen molar-refractivity contribution in [1.82, 2.24) is 15.2 Å². The molecular weight excluding hydrogens is 300 g/mol. The molecule has 0 atom stereocenters. The Kier molecular flexibility index (Phi) is 5.11. The Bertz CT molecular complexity index is 708. The Morgan fingerprint density at radius 1 is 1.17 bits per heavy atom. The van der Waals surface area contributed by atoms with Crippen LogP contribution < -0.4 is 10.2 Å². The number of carbonyl (C=O) groups is 1. The van der Waals surface area contributed by atoms with E-state index in [1.807, 2.05) is 37.3 Å². The Morgan fingerprint density at radius 3 is 2.71 bits per heavy atom. The number of hydrogen-bond acceptors (Lipinski definition) is 4. The number of piperazine rings is 1. The lowest BCUT2D eigenvalue weighted by molar-refractivity contribution is 0.0946. The van der Waals surface area contributed by atoms with Crippen LogP contribution in [-0.2, 0) is 6.54 Å². The molecule has 0 aliphatic carbocycles. The third kappa shape index (κ3) is 4.11. The molecule has 2 heterocycles. The highest BCUT2D eigenvalue weighted by atomic mass is 16.1. The van der Waals surface area contributed by atoms with E-state index in [4.69, 9.17) is 0 Å². The fourth-order valence-corrected chi connectivity index (χ4v) is 2.90. The molecule has 0 spiro atoms. The van der Waals surface area contributed by atoms with Crippen molar-refractivity contribution in [3.63, 3.8) is 0 Å². The van der Waals surface area contributed by atoms with E-state index in [2.05, 4.69) is 33.2 Å². The minimum atomic E-state index is -0.132. The summed E-state index contributed by atoms with van der Waals surface area (Å²) in [5.74, 6) is -0.132. The van der Waals surface area contributed by atoms with Crippen LogP contribution in [-0.4, -0.2) is 49.0 Å². The third-order valence-electron chi connectivity index (χ3n) is 4.38. The highest BCUT2D eigenvalue weighted by molar-refractivity contribution is 5.93. The number of benzene rings is 1. The summed E-state index contributed by atoms with van der Waals surface area (Å²) in [6, 6.07) is 12.0. The molecule has 0 unspecified atom stereocenters. The van der Waals surface area contributed by atoms with Crippen molar-refractivity contribution in [1.29, 1.82) is 0 Å². The number of anilines is 1. The van der Waals surface area contributed by atoms with Gasteiger partial charge in [-0.05, 0) is 31.7 Å². The lowest BCUT2D eigenvalue weighted by Crippen LogP contribution is -2.44. The number of aryl methyl sites for hydroxylation is 1. The number of amides is 1. The molecule has 3 rings (SSSR count). The lowest BCUT2D eigenvalue weighted by Gasteiger charge is -2.34. The number of carbonyl (C=O) groups excluding carboxylic acids is 1. The zero-order chi connectivity index (χ0) is 16.9. The van der Waals surface area contributed by atoms with Gasteiger partial charge in [0.1, 0.15) is 5.69 Å². The minimum Gasteiger partial charge on any atom is -0.369 e. The molecule has 1 aromatic heterocycles. The van der Waals surface area contributed by atoms with E-state index in [1.165, 1.54) is 5.56 Å². The highest BCUT2D eigenvalue weighted by Crippen LogP contribution is 2.16. The van der Waals surface area contributed by atoms with E-state index in [9.17, 15) is 4.79 Å². The first-order valence-corrected chi connectivity index (χ1v) is 8.35. The van der Waals surface area contributed by atoms with Crippen molar-refractivity contribution in [2.45, 2.75) is 13.5 Å². The number of hydrogen-bond donors (Lipinski definition) is 1. The van der Waals surface area contributed by atoms with E-state index in [0.717, 1.165) is 37.4 Å². The van der Waals surface area contributed by atoms with Gasteiger partial charge in [-0.1, -0.05) is 29.8 Å². The summed E-state index contributed by atoms with van der Waals surface area (Å²) in [5, 5.41) is 2.95. The van der Waals surface area contributed by atoms with Crippen molar-refractivity contribution in [3.05, 3.63) is 59.4 Å². The van der Waals surface area contributed by atoms with Crippen molar-refractivity contribution in [2.24, 2.45) is 0 Å². The van der Waals surface area contributed by atoms with Crippen molar-refractivity contribution >= 4 is 11.6 Å². The lowest BCUT2D eigenvalue weighted by atomic mass is 10.1. The van der Waals surface area contributed by atoms with Gasteiger partial charge < -0.3 is 15.1 Å². The van der Waals surface area contributed by atoms with Gasteiger partial charge in [-0.3, -0.25) is 9.78 Å². The normalized spacial score (nSPS) is 15.3. The molecule has 1 aliphatic heterocycles. The molecule has 0 bridgehead atoms. The van der Waals surface area contributed by atoms with E-state index in [-0.39, 0.29) is 5.91 Å². The highest BCUT2D eigenvalue weighted by Gasteiger charge is 2.16. The van der Waals surface area contributed by atoms with Crippen molar-refractivity contribution in [2.75, 3.05) is 38.1 Å². The molecule has 1 saturated heterocycles. The molecule has 2 aromatic rings.